The van der Waals surface area contributed by atoms with Gasteiger partial charge in [0.1, 0.15) is 17.9 Å². The number of esters is 1. The number of thioether (sulfide) groups is 1. The largest absolute Gasteiger partial charge is 0.495 e. The first-order chi connectivity index (χ1) is 12.4. The van der Waals surface area contributed by atoms with Crippen LogP contribution in [0.3, 0.4) is 0 Å². The van der Waals surface area contributed by atoms with Crippen molar-refractivity contribution < 1.29 is 37.7 Å². The Bertz CT molecular complexity index is 744. The second-order valence-corrected chi connectivity index (χ2v) is 8.06. The molecule has 2 N–H and O–H groups in total. The minimum absolute atomic E-state index is 0.0194. The fourth-order valence-electron chi connectivity index (χ4n) is 1.94. The van der Waals surface area contributed by atoms with Gasteiger partial charge in [-0.1, -0.05) is 11.8 Å². The maximum atomic E-state index is 12.1. The predicted molar refractivity (Wildman–Crippen MR) is 101 cm³/mol. The number of rotatable bonds is 8. The molecule has 0 bridgehead atoms. The lowest BCUT2D eigenvalue weighted by Gasteiger charge is -2.25. The lowest BCUT2D eigenvalue weighted by atomic mass is 10.2. The maximum Gasteiger partial charge on any atom is 0.327 e. The summed E-state index contributed by atoms with van der Waals surface area (Å²) >= 11 is -2.03. The highest BCUT2D eigenvalue weighted by atomic mass is 32.2. The third-order valence-electron chi connectivity index (χ3n) is 2.89. The number of carboxylic acids is 1. The van der Waals surface area contributed by atoms with E-state index < -0.39 is 46.2 Å². The van der Waals surface area contributed by atoms with E-state index in [0.717, 1.165) is 4.31 Å². The van der Waals surface area contributed by atoms with Gasteiger partial charge < -0.3 is 14.6 Å². The molecule has 1 aromatic carbocycles. The van der Waals surface area contributed by atoms with Crippen LogP contribution in [-0.2, 0) is 25.6 Å². The van der Waals surface area contributed by atoms with Gasteiger partial charge in [-0.15, -0.1) is 0 Å². The Hall–Kier alpha value is -2.11. The first-order valence-electron chi connectivity index (χ1n) is 7.62. The van der Waals surface area contributed by atoms with E-state index in [1.54, 1.807) is 20.8 Å². The molecule has 9 nitrogen and oxygen atoms in total. The highest BCUT2D eigenvalue weighted by Gasteiger charge is 2.25. The van der Waals surface area contributed by atoms with Crippen LogP contribution in [0.5, 0.6) is 5.75 Å². The van der Waals surface area contributed by atoms with Crippen molar-refractivity contribution in [3.63, 3.8) is 0 Å². The molecule has 1 rings (SSSR count). The average molecular weight is 419 g/mol. The number of benzene rings is 1. The fraction of sp³-hybridized carbons (Fsp3) is 0.438. The molecular weight excluding hydrogens is 398 g/mol. The Morgan fingerprint density at radius 3 is 2.37 bits per heavy atom. The molecule has 0 amide bonds. The molecule has 0 saturated carbocycles. The molecule has 1 atom stereocenters. The Kier molecular flexibility index (Phi) is 8.25. The topological polar surface area (TPSA) is 130 Å². The molecule has 0 aliphatic carbocycles. The van der Waals surface area contributed by atoms with E-state index in [1.807, 2.05) is 0 Å². The van der Waals surface area contributed by atoms with Gasteiger partial charge in [-0.25, -0.2) is 4.21 Å². The summed E-state index contributed by atoms with van der Waals surface area (Å²) in [6, 6.07) is 4.04. The number of methoxy groups -OCH3 is 1. The van der Waals surface area contributed by atoms with E-state index >= 15 is 0 Å². The van der Waals surface area contributed by atoms with Gasteiger partial charge in [-0.3, -0.25) is 23.2 Å². The normalized spacial score (nSPS) is 12.2. The number of anilines is 1. The number of carbonyl (C=O) groups excluding carboxylic acids is 2. The van der Waals surface area contributed by atoms with Crippen LogP contribution in [0.2, 0.25) is 0 Å². The summed E-state index contributed by atoms with van der Waals surface area (Å²) in [5, 5.41) is 8.13. The monoisotopic (exact) mass is 419 g/mol. The van der Waals surface area contributed by atoms with Gasteiger partial charge in [0, 0.05) is 5.56 Å². The SMILES string of the molecule is COc1ccc(C(=O)SCC(=O)O)cc1N(CC(=O)OC(C)(C)C)S(=O)O. The molecule has 0 saturated heterocycles. The highest BCUT2D eigenvalue weighted by Crippen LogP contribution is 2.31. The number of aliphatic carboxylic acids is 1. The molecule has 150 valence electrons. The lowest BCUT2D eigenvalue weighted by molar-refractivity contribution is -0.152. The standard InChI is InChI=1S/C16H21NO8S2/c1-16(2,3)25-14(20)8-17(27(22)23)11-7-10(5-6-12(11)24-4)15(21)26-9-13(18)19/h5-7H,8-9H2,1-4H3,(H,18,19)(H,22,23). The van der Waals surface area contributed by atoms with Crippen LogP contribution in [0.1, 0.15) is 31.1 Å². The summed E-state index contributed by atoms with van der Waals surface area (Å²) in [5.74, 6) is -2.16. The van der Waals surface area contributed by atoms with Gasteiger partial charge in [0.15, 0.2) is 0 Å². The van der Waals surface area contributed by atoms with Gasteiger partial charge in [-0.2, -0.15) is 0 Å². The highest BCUT2D eigenvalue weighted by molar-refractivity contribution is 8.14. The van der Waals surface area contributed by atoms with E-state index in [4.69, 9.17) is 14.6 Å². The van der Waals surface area contributed by atoms with Crippen LogP contribution in [0.4, 0.5) is 5.69 Å². The van der Waals surface area contributed by atoms with Crippen molar-refractivity contribution in [2.24, 2.45) is 0 Å². The molecule has 0 radical (unpaired) electrons. The van der Waals surface area contributed by atoms with Crippen molar-refractivity contribution in [3.05, 3.63) is 23.8 Å². The Morgan fingerprint density at radius 2 is 1.89 bits per heavy atom. The van der Waals surface area contributed by atoms with E-state index in [-0.39, 0.29) is 17.0 Å². The summed E-state index contributed by atoms with van der Waals surface area (Å²) in [7, 11) is 1.32. The number of carboxylic acid groups (broad SMARTS) is 1. The van der Waals surface area contributed by atoms with Crippen LogP contribution < -0.4 is 9.04 Å². The summed E-state index contributed by atoms with van der Waals surface area (Å²) in [5.41, 5.74) is -0.669. The van der Waals surface area contributed by atoms with Crippen LogP contribution in [-0.4, -0.2) is 55.9 Å². The summed E-state index contributed by atoms with van der Waals surface area (Å²) in [6.07, 6.45) is 0. The zero-order chi connectivity index (χ0) is 20.8. The number of ether oxygens (including phenoxy) is 2. The summed E-state index contributed by atoms with van der Waals surface area (Å²) in [4.78, 5) is 34.8. The zero-order valence-electron chi connectivity index (χ0n) is 15.3. The van der Waals surface area contributed by atoms with Crippen molar-refractivity contribution in [2.75, 3.05) is 23.7 Å². The zero-order valence-corrected chi connectivity index (χ0v) is 16.9. The van der Waals surface area contributed by atoms with E-state index in [1.165, 1.54) is 25.3 Å². The lowest BCUT2D eigenvalue weighted by Crippen LogP contribution is -2.36. The summed E-state index contributed by atoms with van der Waals surface area (Å²) < 4.78 is 32.5. The summed E-state index contributed by atoms with van der Waals surface area (Å²) in [6.45, 7) is 4.41. The van der Waals surface area contributed by atoms with Crippen LogP contribution in [0.15, 0.2) is 18.2 Å². The second-order valence-electron chi connectivity index (χ2n) is 6.21. The minimum Gasteiger partial charge on any atom is -0.495 e. The molecule has 1 unspecified atom stereocenters. The molecule has 0 fully saturated rings. The van der Waals surface area contributed by atoms with Gasteiger partial charge in [-0.05, 0) is 39.0 Å². The smallest absolute Gasteiger partial charge is 0.327 e. The molecule has 0 spiro atoms. The molecule has 0 aromatic heterocycles. The van der Waals surface area contributed by atoms with Crippen molar-refractivity contribution in [3.8, 4) is 5.75 Å². The van der Waals surface area contributed by atoms with Gasteiger partial charge in [0.25, 0.3) is 11.3 Å². The van der Waals surface area contributed by atoms with Gasteiger partial charge in [0.2, 0.25) is 5.12 Å². The molecule has 27 heavy (non-hydrogen) atoms. The third-order valence-corrected chi connectivity index (χ3v) is 4.48. The Balaban J connectivity index is 3.18. The van der Waals surface area contributed by atoms with Gasteiger partial charge in [0.05, 0.1) is 18.6 Å². The van der Waals surface area contributed by atoms with E-state index in [9.17, 15) is 23.1 Å². The Labute approximate surface area is 163 Å². The molecule has 1 aromatic rings. The molecule has 0 aliphatic rings. The number of carbonyl (C=O) groups is 3. The third kappa shape index (κ3) is 7.57. The van der Waals surface area contributed by atoms with Crippen molar-refractivity contribution in [1.29, 1.82) is 0 Å². The van der Waals surface area contributed by atoms with Crippen molar-refractivity contribution >= 4 is 45.8 Å². The van der Waals surface area contributed by atoms with Gasteiger partial charge >= 0.3 is 11.9 Å². The number of hydrogen-bond acceptors (Lipinski definition) is 7. The molecule has 11 heteroatoms. The molecule has 0 aliphatic heterocycles. The van der Waals surface area contributed by atoms with Crippen molar-refractivity contribution in [2.45, 2.75) is 26.4 Å². The predicted octanol–water partition coefficient (Wildman–Crippen LogP) is 1.94. The van der Waals surface area contributed by atoms with Crippen LogP contribution in [0.25, 0.3) is 0 Å². The number of hydrogen-bond donors (Lipinski definition) is 2. The van der Waals surface area contributed by atoms with E-state index in [0.29, 0.717) is 11.8 Å². The Morgan fingerprint density at radius 1 is 1.26 bits per heavy atom. The molecule has 0 heterocycles. The first kappa shape index (κ1) is 22.9. The minimum atomic E-state index is -2.61. The fourth-order valence-corrected chi connectivity index (χ4v) is 3.01. The average Bonchev–Trinajstić information content (AvgIpc) is 2.55. The van der Waals surface area contributed by atoms with Crippen molar-refractivity contribution in [1.82, 2.24) is 0 Å². The van der Waals surface area contributed by atoms with Crippen LogP contribution in [0, 0.1) is 0 Å². The quantitative estimate of drug-likeness (QED) is 0.479. The van der Waals surface area contributed by atoms with E-state index in [2.05, 4.69) is 0 Å². The first-order valence-corrected chi connectivity index (χ1v) is 9.67. The molecular formula is C16H21NO8S2. The number of nitrogens with zero attached hydrogens (tertiary/aromatic N) is 1. The maximum absolute atomic E-state index is 12.1. The van der Waals surface area contributed by atoms with Crippen LogP contribution >= 0.6 is 11.8 Å². The second kappa shape index (κ2) is 9.72.